The first-order valence-corrected chi connectivity index (χ1v) is 10.2. The molecular formula is C20H26FN3O2S. The summed E-state index contributed by atoms with van der Waals surface area (Å²) in [6.45, 7) is 4.62. The average molecular weight is 392 g/mol. The second-order valence-electron chi connectivity index (χ2n) is 6.83. The fourth-order valence-electron chi connectivity index (χ4n) is 3.21. The van der Waals surface area contributed by atoms with Gasteiger partial charge in [0.05, 0.1) is 16.8 Å². The highest BCUT2D eigenvalue weighted by atomic mass is 32.1. The maximum atomic E-state index is 13.0. The molecule has 0 spiro atoms. The Balaban J connectivity index is 1.57. The van der Waals surface area contributed by atoms with Crippen LogP contribution in [0.3, 0.4) is 0 Å². The number of amides is 1. The molecule has 2 N–H and O–H groups in total. The zero-order valence-electron chi connectivity index (χ0n) is 15.6. The molecule has 0 unspecified atom stereocenters. The van der Waals surface area contributed by atoms with E-state index in [2.05, 4.69) is 4.98 Å². The lowest BCUT2D eigenvalue weighted by Gasteiger charge is -2.31. The Morgan fingerprint density at radius 2 is 2.04 bits per heavy atom. The number of nitrogens with two attached hydrogens (primary N) is 1. The van der Waals surface area contributed by atoms with Crippen molar-refractivity contribution in [2.75, 3.05) is 26.2 Å². The predicted octanol–water partition coefficient (Wildman–Crippen LogP) is 3.15. The first-order valence-electron chi connectivity index (χ1n) is 9.38. The number of ether oxygens (including phenoxy) is 1. The quantitative estimate of drug-likeness (QED) is 0.736. The van der Waals surface area contributed by atoms with Crippen LogP contribution < -0.4 is 5.73 Å². The van der Waals surface area contributed by atoms with Gasteiger partial charge in [-0.25, -0.2) is 9.37 Å². The molecule has 1 saturated heterocycles. The van der Waals surface area contributed by atoms with Crippen molar-refractivity contribution in [2.45, 2.75) is 38.7 Å². The monoisotopic (exact) mass is 391 g/mol. The molecule has 27 heavy (non-hydrogen) atoms. The molecule has 7 heteroatoms. The van der Waals surface area contributed by atoms with Crippen molar-refractivity contribution in [2.24, 2.45) is 5.73 Å². The Morgan fingerprint density at radius 3 is 2.70 bits per heavy atom. The Bertz CT molecular complexity index is 755. The molecule has 2 heterocycles. The molecule has 0 bridgehead atoms. The molecule has 1 aromatic heterocycles. The molecule has 0 saturated carbocycles. The largest absolute Gasteiger partial charge is 0.378 e. The normalized spacial score (nSPS) is 15.3. The van der Waals surface area contributed by atoms with Crippen LogP contribution in [-0.2, 0) is 11.2 Å². The lowest BCUT2D eigenvalue weighted by atomic mass is 10.1. The van der Waals surface area contributed by atoms with Crippen LogP contribution in [0, 0.1) is 12.7 Å². The van der Waals surface area contributed by atoms with Gasteiger partial charge in [0.1, 0.15) is 10.7 Å². The number of likely N-dealkylation sites (tertiary alicyclic amines) is 1. The number of halogens is 1. The van der Waals surface area contributed by atoms with E-state index in [1.165, 1.54) is 23.5 Å². The second-order valence-corrected chi connectivity index (χ2v) is 7.91. The van der Waals surface area contributed by atoms with Crippen molar-refractivity contribution in [3.63, 3.8) is 0 Å². The standard InChI is InChI=1S/C20H26FN3O2S/c1-14-19(27-18(23-14)13-15-3-5-16(21)6-4-15)20(25)24-10-7-17(8-11-24)26-12-2-9-22/h3-6,17H,2,7-13,22H2,1H3. The molecule has 0 aliphatic carbocycles. The summed E-state index contributed by atoms with van der Waals surface area (Å²) in [6, 6.07) is 6.40. The van der Waals surface area contributed by atoms with E-state index >= 15 is 0 Å². The summed E-state index contributed by atoms with van der Waals surface area (Å²) >= 11 is 1.44. The van der Waals surface area contributed by atoms with Crippen molar-refractivity contribution in [1.29, 1.82) is 0 Å². The first-order chi connectivity index (χ1) is 13.1. The van der Waals surface area contributed by atoms with Crippen molar-refractivity contribution in [3.8, 4) is 0 Å². The van der Waals surface area contributed by atoms with Crippen molar-refractivity contribution < 1.29 is 13.9 Å². The number of rotatable bonds is 7. The first kappa shape index (κ1) is 19.9. The van der Waals surface area contributed by atoms with Gasteiger partial charge in [0.15, 0.2) is 0 Å². The van der Waals surface area contributed by atoms with Crippen LogP contribution in [-0.4, -0.2) is 48.1 Å². The number of carbonyl (C=O) groups is 1. The van der Waals surface area contributed by atoms with Crippen molar-refractivity contribution in [3.05, 3.63) is 51.2 Å². The summed E-state index contributed by atoms with van der Waals surface area (Å²) in [5.41, 5.74) is 7.24. The predicted molar refractivity (Wildman–Crippen MR) is 105 cm³/mol. The third-order valence-electron chi connectivity index (χ3n) is 4.73. The number of thiazole rings is 1. The van der Waals surface area contributed by atoms with E-state index in [1.807, 2.05) is 11.8 Å². The molecule has 146 valence electrons. The van der Waals surface area contributed by atoms with Gasteiger partial charge in [-0.05, 0) is 50.4 Å². The third-order valence-corrected chi connectivity index (χ3v) is 5.88. The summed E-state index contributed by atoms with van der Waals surface area (Å²) in [5, 5.41) is 0.877. The Kier molecular flexibility index (Phi) is 6.93. The number of benzene rings is 1. The van der Waals surface area contributed by atoms with Gasteiger partial charge in [-0.1, -0.05) is 12.1 Å². The van der Waals surface area contributed by atoms with Crippen LogP contribution in [0.5, 0.6) is 0 Å². The number of hydrogen-bond acceptors (Lipinski definition) is 5. The van der Waals surface area contributed by atoms with Crippen LogP contribution in [0.25, 0.3) is 0 Å². The number of aryl methyl sites for hydroxylation is 1. The van der Waals surface area contributed by atoms with Gasteiger partial charge in [0.2, 0.25) is 0 Å². The van der Waals surface area contributed by atoms with Gasteiger partial charge >= 0.3 is 0 Å². The van der Waals surface area contributed by atoms with Gasteiger partial charge in [0.25, 0.3) is 5.91 Å². The summed E-state index contributed by atoms with van der Waals surface area (Å²) in [4.78, 5) is 20.0. The fourth-order valence-corrected chi connectivity index (χ4v) is 4.27. The Hall–Kier alpha value is -1.83. The zero-order valence-corrected chi connectivity index (χ0v) is 16.4. The molecular weight excluding hydrogens is 365 g/mol. The highest BCUT2D eigenvalue weighted by molar-refractivity contribution is 7.13. The van der Waals surface area contributed by atoms with Crippen LogP contribution in [0.1, 0.15) is 45.2 Å². The maximum Gasteiger partial charge on any atom is 0.265 e. The second kappa shape index (κ2) is 9.39. The van der Waals surface area contributed by atoms with Crippen LogP contribution in [0.4, 0.5) is 4.39 Å². The van der Waals surface area contributed by atoms with E-state index in [1.54, 1.807) is 12.1 Å². The average Bonchev–Trinajstić information content (AvgIpc) is 3.04. The maximum absolute atomic E-state index is 13.0. The molecule has 1 aliphatic rings. The molecule has 1 fully saturated rings. The number of carbonyl (C=O) groups excluding carboxylic acids is 1. The molecule has 1 aliphatic heterocycles. The van der Waals surface area contributed by atoms with E-state index in [9.17, 15) is 9.18 Å². The van der Waals surface area contributed by atoms with Gasteiger partial charge in [-0.3, -0.25) is 4.79 Å². The lowest BCUT2D eigenvalue weighted by molar-refractivity contribution is 0.00855. The summed E-state index contributed by atoms with van der Waals surface area (Å²) < 4.78 is 18.8. The molecule has 5 nitrogen and oxygen atoms in total. The fraction of sp³-hybridized carbons (Fsp3) is 0.500. The smallest absolute Gasteiger partial charge is 0.265 e. The van der Waals surface area contributed by atoms with E-state index < -0.39 is 0 Å². The summed E-state index contributed by atoms with van der Waals surface area (Å²) in [5.74, 6) is -0.198. The minimum absolute atomic E-state index is 0.0516. The number of piperidine rings is 1. The van der Waals surface area contributed by atoms with Gasteiger partial charge in [0, 0.05) is 26.1 Å². The minimum Gasteiger partial charge on any atom is -0.378 e. The molecule has 0 radical (unpaired) electrons. The highest BCUT2D eigenvalue weighted by Gasteiger charge is 2.26. The van der Waals surface area contributed by atoms with Gasteiger partial charge in [-0.15, -0.1) is 11.3 Å². The molecule has 3 rings (SSSR count). The lowest BCUT2D eigenvalue weighted by Crippen LogP contribution is -2.41. The van der Waals surface area contributed by atoms with Crippen molar-refractivity contribution >= 4 is 17.2 Å². The van der Waals surface area contributed by atoms with Crippen LogP contribution >= 0.6 is 11.3 Å². The molecule has 0 atom stereocenters. The van der Waals surface area contributed by atoms with Gasteiger partial charge < -0.3 is 15.4 Å². The Morgan fingerprint density at radius 1 is 1.33 bits per heavy atom. The number of aromatic nitrogens is 1. The molecule has 1 amide bonds. The Labute approximate surface area is 163 Å². The van der Waals surface area contributed by atoms with Crippen LogP contribution in [0.2, 0.25) is 0 Å². The number of hydrogen-bond donors (Lipinski definition) is 1. The zero-order chi connectivity index (χ0) is 19.2. The summed E-state index contributed by atoms with van der Waals surface area (Å²) in [6.07, 6.45) is 3.41. The van der Waals surface area contributed by atoms with Crippen LogP contribution in [0.15, 0.2) is 24.3 Å². The minimum atomic E-state index is -0.250. The highest BCUT2D eigenvalue weighted by Crippen LogP contribution is 2.24. The SMILES string of the molecule is Cc1nc(Cc2ccc(F)cc2)sc1C(=O)N1CCC(OCCCN)CC1. The van der Waals surface area contributed by atoms with E-state index in [4.69, 9.17) is 10.5 Å². The number of nitrogens with zero attached hydrogens (tertiary/aromatic N) is 2. The molecule has 2 aromatic rings. The van der Waals surface area contributed by atoms with E-state index in [0.29, 0.717) is 37.5 Å². The summed E-state index contributed by atoms with van der Waals surface area (Å²) in [7, 11) is 0. The molecule has 1 aromatic carbocycles. The topological polar surface area (TPSA) is 68.5 Å². The van der Waals surface area contributed by atoms with E-state index in [0.717, 1.165) is 35.5 Å². The third kappa shape index (κ3) is 5.34. The van der Waals surface area contributed by atoms with Gasteiger partial charge in [-0.2, -0.15) is 0 Å². The van der Waals surface area contributed by atoms with E-state index in [-0.39, 0.29) is 17.8 Å². The van der Waals surface area contributed by atoms with Crippen molar-refractivity contribution in [1.82, 2.24) is 9.88 Å².